The molecule has 0 aromatic carbocycles. The highest BCUT2D eigenvalue weighted by molar-refractivity contribution is 7.91. The Hall–Kier alpha value is -0.950. The minimum absolute atomic E-state index is 0.168. The van der Waals surface area contributed by atoms with Crippen LogP contribution in [0.3, 0.4) is 0 Å². The Balaban J connectivity index is 2.22. The molecule has 0 radical (unpaired) electrons. The Morgan fingerprint density at radius 1 is 1.42 bits per heavy atom. The minimum atomic E-state index is -2.89. The van der Waals surface area contributed by atoms with Crippen molar-refractivity contribution in [1.82, 2.24) is 4.98 Å². The number of aldehydes is 1. The molecule has 5 nitrogen and oxygen atoms in total. The number of carbonyl (C=O) groups excluding carboxylic acids is 1. The molecule has 2 rings (SSSR count). The zero-order valence-electron chi connectivity index (χ0n) is 11.1. The summed E-state index contributed by atoms with van der Waals surface area (Å²) < 4.78 is 22.8. The zero-order valence-corrected chi connectivity index (χ0v) is 12.8. The van der Waals surface area contributed by atoms with Gasteiger partial charge in [0.05, 0.1) is 22.1 Å². The van der Waals surface area contributed by atoms with Gasteiger partial charge >= 0.3 is 0 Å². The fourth-order valence-corrected chi connectivity index (χ4v) is 4.25. The lowest BCUT2D eigenvalue weighted by molar-refractivity contribution is 0.112. The summed E-state index contributed by atoms with van der Waals surface area (Å²) in [6.07, 6.45) is 1.78. The number of hydrogen-bond acceptors (Lipinski definition) is 6. The van der Waals surface area contributed by atoms with Gasteiger partial charge in [0.25, 0.3) is 0 Å². The van der Waals surface area contributed by atoms with Gasteiger partial charge in [0, 0.05) is 13.1 Å². The number of rotatable bonds is 4. The maximum absolute atomic E-state index is 11.4. The van der Waals surface area contributed by atoms with Gasteiger partial charge in [-0.15, -0.1) is 0 Å². The van der Waals surface area contributed by atoms with Gasteiger partial charge in [0.15, 0.2) is 21.3 Å². The Morgan fingerprint density at radius 3 is 2.58 bits per heavy atom. The summed E-state index contributed by atoms with van der Waals surface area (Å²) in [6, 6.07) is 0. The molecule has 7 heteroatoms. The van der Waals surface area contributed by atoms with Crippen molar-refractivity contribution in [3.63, 3.8) is 0 Å². The average molecular weight is 302 g/mol. The molecule has 0 bridgehead atoms. The first-order valence-electron chi connectivity index (χ1n) is 6.38. The second-order valence-electron chi connectivity index (χ2n) is 4.81. The van der Waals surface area contributed by atoms with Crippen molar-refractivity contribution in [1.29, 1.82) is 0 Å². The third kappa shape index (κ3) is 3.14. The van der Waals surface area contributed by atoms with E-state index in [9.17, 15) is 13.2 Å². The lowest BCUT2D eigenvalue weighted by atomic mass is 10.0. The lowest BCUT2D eigenvalue weighted by Crippen LogP contribution is -2.40. The molecule has 2 heterocycles. The van der Waals surface area contributed by atoms with Crippen LogP contribution in [0.25, 0.3) is 0 Å². The van der Waals surface area contributed by atoms with E-state index in [0.717, 1.165) is 23.5 Å². The molecule has 1 fully saturated rings. The van der Waals surface area contributed by atoms with Crippen molar-refractivity contribution in [3.8, 4) is 0 Å². The molecule has 0 saturated carbocycles. The van der Waals surface area contributed by atoms with Crippen LogP contribution in [-0.4, -0.2) is 44.3 Å². The van der Waals surface area contributed by atoms with Crippen LogP contribution in [0.2, 0.25) is 0 Å². The van der Waals surface area contributed by atoms with Gasteiger partial charge in [-0.05, 0) is 12.3 Å². The number of aromatic nitrogens is 1. The molecule has 1 aliphatic rings. The van der Waals surface area contributed by atoms with Crippen molar-refractivity contribution in [2.24, 2.45) is 0 Å². The quantitative estimate of drug-likeness (QED) is 0.792. The van der Waals surface area contributed by atoms with Gasteiger partial charge in [-0.25, -0.2) is 13.4 Å². The molecule has 0 aliphatic carbocycles. The smallest absolute Gasteiger partial charge is 0.186 e. The molecule has 1 aliphatic heterocycles. The van der Waals surface area contributed by atoms with E-state index < -0.39 is 9.84 Å². The van der Waals surface area contributed by atoms with E-state index in [4.69, 9.17) is 0 Å². The lowest BCUT2D eigenvalue weighted by Gasteiger charge is -2.26. The molecule has 1 aromatic rings. The summed E-state index contributed by atoms with van der Waals surface area (Å²) in [4.78, 5) is 18.3. The third-order valence-corrected chi connectivity index (χ3v) is 6.14. The highest BCUT2D eigenvalue weighted by Gasteiger charge is 2.25. The molecule has 106 valence electrons. The molecule has 0 amide bonds. The van der Waals surface area contributed by atoms with Crippen LogP contribution in [0.4, 0.5) is 5.13 Å². The molecule has 1 aromatic heterocycles. The Morgan fingerprint density at radius 2 is 2.05 bits per heavy atom. The predicted octanol–water partition coefficient (Wildman–Crippen LogP) is 1.70. The normalized spacial score (nSPS) is 20.2. The summed E-state index contributed by atoms with van der Waals surface area (Å²) >= 11 is 1.36. The molecule has 0 spiro atoms. The molecular formula is C12H18N2O3S2. The number of nitrogens with zero attached hydrogens (tertiary/aromatic N) is 2. The number of sulfone groups is 1. The summed E-state index contributed by atoms with van der Waals surface area (Å²) in [5, 5.41) is 0.771. The van der Waals surface area contributed by atoms with Crippen molar-refractivity contribution in [3.05, 3.63) is 10.6 Å². The van der Waals surface area contributed by atoms with Crippen LogP contribution in [0.15, 0.2) is 0 Å². The van der Waals surface area contributed by atoms with E-state index in [1.54, 1.807) is 0 Å². The van der Waals surface area contributed by atoms with Gasteiger partial charge in [0.2, 0.25) is 0 Å². The van der Waals surface area contributed by atoms with Crippen molar-refractivity contribution in [2.75, 3.05) is 29.5 Å². The molecule has 1 saturated heterocycles. The number of thiazole rings is 1. The molecular weight excluding hydrogens is 284 g/mol. The van der Waals surface area contributed by atoms with Crippen LogP contribution < -0.4 is 4.90 Å². The Kier molecular flexibility index (Phi) is 4.25. The van der Waals surface area contributed by atoms with Crippen molar-refractivity contribution < 1.29 is 13.2 Å². The average Bonchev–Trinajstić information content (AvgIpc) is 2.82. The van der Waals surface area contributed by atoms with E-state index in [1.807, 2.05) is 11.8 Å². The van der Waals surface area contributed by atoms with Gasteiger partial charge in [-0.2, -0.15) is 0 Å². The topological polar surface area (TPSA) is 67.3 Å². The fraction of sp³-hybridized carbons (Fsp3) is 0.667. The van der Waals surface area contributed by atoms with Gasteiger partial charge in [0.1, 0.15) is 0 Å². The Bertz CT molecular complexity index is 552. The van der Waals surface area contributed by atoms with Crippen LogP contribution in [-0.2, 0) is 9.84 Å². The number of hydrogen-bond donors (Lipinski definition) is 0. The van der Waals surface area contributed by atoms with Crippen molar-refractivity contribution in [2.45, 2.75) is 26.2 Å². The van der Waals surface area contributed by atoms with Crippen molar-refractivity contribution >= 4 is 32.6 Å². The van der Waals surface area contributed by atoms with E-state index in [1.165, 1.54) is 11.3 Å². The summed E-state index contributed by atoms with van der Waals surface area (Å²) in [6.45, 7) is 5.04. The first kappa shape index (κ1) is 14.5. The number of anilines is 1. The highest BCUT2D eigenvalue weighted by atomic mass is 32.2. The fourth-order valence-electron chi connectivity index (χ4n) is 2.00. The standard InChI is InChI=1S/C12H18N2O3S2/c1-3-9(2)11-10(8-15)18-12(13-11)14-4-6-19(16,17)7-5-14/h8-9H,3-7H2,1-2H3. The van der Waals surface area contributed by atoms with Crippen LogP contribution in [0, 0.1) is 0 Å². The van der Waals surface area contributed by atoms with E-state index in [2.05, 4.69) is 11.9 Å². The van der Waals surface area contributed by atoms with Crippen LogP contribution in [0.1, 0.15) is 41.6 Å². The largest absolute Gasteiger partial charge is 0.346 e. The van der Waals surface area contributed by atoms with Gasteiger partial charge < -0.3 is 4.90 Å². The second-order valence-corrected chi connectivity index (χ2v) is 8.12. The first-order valence-corrected chi connectivity index (χ1v) is 9.02. The summed E-state index contributed by atoms with van der Waals surface area (Å²) in [5.41, 5.74) is 0.839. The summed E-state index contributed by atoms with van der Waals surface area (Å²) in [5.74, 6) is 0.585. The number of carbonyl (C=O) groups is 1. The maximum Gasteiger partial charge on any atom is 0.186 e. The Labute approximate surface area is 117 Å². The SMILES string of the molecule is CCC(C)c1nc(N2CCS(=O)(=O)CC2)sc1C=O. The third-order valence-electron chi connectivity index (χ3n) is 3.47. The monoisotopic (exact) mass is 302 g/mol. The minimum Gasteiger partial charge on any atom is -0.346 e. The maximum atomic E-state index is 11.4. The molecule has 0 N–H and O–H groups in total. The van der Waals surface area contributed by atoms with E-state index in [0.29, 0.717) is 18.0 Å². The zero-order chi connectivity index (χ0) is 14.0. The van der Waals surface area contributed by atoms with E-state index in [-0.39, 0.29) is 17.4 Å². The van der Waals surface area contributed by atoms with Crippen LogP contribution >= 0.6 is 11.3 Å². The second kappa shape index (κ2) is 5.58. The molecule has 19 heavy (non-hydrogen) atoms. The molecule has 1 atom stereocenters. The van der Waals surface area contributed by atoms with E-state index >= 15 is 0 Å². The van der Waals surface area contributed by atoms with Crippen LogP contribution in [0.5, 0.6) is 0 Å². The van der Waals surface area contributed by atoms with Gasteiger partial charge in [-0.1, -0.05) is 25.2 Å². The summed E-state index contributed by atoms with van der Waals surface area (Å²) in [7, 11) is -2.89. The first-order chi connectivity index (χ1) is 8.96. The van der Waals surface area contributed by atoms with Gasteiger partial charge in [-0.3, -0.25) is 4.79 Å². The highest BCUT2D eigenvalue weighted by Crippen LogP contribution is 2.31. The predicted molar refractivity (Wildman–Crippen MR) is 77.1 cm³/mol. The molecule has 1 unspecified atom stereocenters.